The first kappa shape index (κ1) is 37.2. The number of likely N-dealkylation sites (N-methyl/N-ethyl adjacent to an activating group) is 1. The van der Waals surface area contributed by atoms with E-state index < -0.39 is 5.97 Å². The van der Waals surface area contributed by atoms with Crippen molar-refractivity contribution in [3.8, 4) is 21.7 Å². The number of imidazole rings is 1. The van der Waals surface area contributed by atoms with Crippen molar-refractivity contribution in [1.29, 1.82) is 0 Å². The third kappa shape index (κ3) is 7.64. The molecular weight excluding hydrogens is 710 g/mol. The van der Waals surface area contributed by atoms with Crippen LogP contribution in [-0.4, -0.2) is 84.8 Å². The van der Waals surface area contributed by atoms with E-state index in [1.54, 1.807) is 11.3 Å². The van der Waals surface area contributed by atoms with Crippen molar-refractivity contribution in [2.24, 2.45) is 18.9 Å². The van der Waals surface area contributed by atoms with E-state index in [-0.39, 0.29) is 17.7 Å². The second-order valence-electron chi connectivity index (χ2n) is 15.2. The zero-order chi connectivity index (χ0) is 37.6. The number of carbonyl (C=O) groups is 3. The first-order chi connectivity index (χ1) is 25.4. The maximum absolute atomic E-state index is 13.7. The number of halogens is 1. The molecule has 0 radical (unpaired) electrons. The minimum absolute atomic E-state index is 0.117. The van der Waals surface area contributed by atoms with Crippen molar-refractivity contribution in [2.75, 3.05) is 32.0 Å². The molecule has 0 atom stereocenters. The van der Waals surface area contributed by atoms with E-state index in [0.717, 1.165) is 94.4 Å². The maximum Gasteiger partial charge on any atom is 0.306 e. The van der Waals surface area contributed by atoms with E-state index in [2.05, 4.69) is 37.1 Å². The number of carboxylic acids is 1. The summed E-state index contributed by atoms with van der Waals surface area (Å²) in [5.41, 5.74) is 7.28. The predicted octanol–water partition coefficient (Wildman–Crippen LogP) is 6.86. The Kier molecular flexibility index (Phi) is 10.8. The van der Waals surface area contributed by atoms with Crippen LogP contribution in [0, 0.1) is 18.8 Å². The highest BCUT2D eigenvalue weighted by atomic mass is 35.5. The highest BCUT2D eigenvalue weighted by Crippen LogP contribution is 2.41. The van der Waals surface area contributed by atoms with Gasteiger partial charge in [0.05, 0.1) is 47.7 Å². The van der Waals surface area contributed by atoms with Gasteiger partial charge in [-0.2, -0.15) is 0 Å². The van der Waals surface area contributed by atoms with E-state index >= 15 is 0 Å². The molecule has 2 amide bonds. The van der Waals surface area contributed by atoms with Gasteiger partial charge in [-0.15, -0.1) is 11.3 Å². The number of anilines is 1. The number of rotatable bonds is 10. The Bertz CT molecular complexity index is 2030. The van der Waals surface area contributed by atoms with Crippen molar-refractivity contribution in [1.82, 2.24) is 29.2 Å². The number of hydrogen-bond acceptors (Lipinski definition) is 8. The number of nitrogens with zero attached hydrogens (tertiary/aromatic N) is 6. The van der Waals surface area contributed by atoms with Crippen molar-refractivity contribution < 1.29 is 19.5 Å². The van der Waals surface area contributed by atoms with E-state index in [9.17, 15) is 19.5 Å². The van der Waals surface area contributed by atoms with Gasteiger partial charge in [0.2, 0.25) is 5.91 Å². The molecule has 2 aliphatic heterocycles. The molecule has 0 bridgehead atoms. The summed E-state index contributed by atoms with van der Waals surface area (Å²) in [6, 6.07) is 12.1. The number of benzene rings is 2. The molecule has 7 rings (SSSR count). The number of thiazole rings is 1. The molecule has 4 aromatic rings. The average molecular weight is 758 g/mol. The fourth-order valence-corrected chi connectivity index (χ4v) is 9.34. The molecule has 13 heteroatoms. The van der Waals surface area contributed by atoms with E-state index in [1.165, 1.54) is 0 Å². The number of aromatic nitrogens is 3. The molecule has 4 heterocycles. The van der Waals surface area contributed by atoms with Crippen LogP contribution in [0.2, 0.25) is 5.02 Å². The standard InChI is InChI=1S/C40H48ClN7O4S/c1-23(2)45(4)22-35(49)48-20-32-34(21-48)53-39(44-32)28-9-6-8-27(24(28)3)29-10-7-11-30(36(29)41)43-38(50)37-42-31-19-47(17-16-33(31)46(37)5)18-25-12-14-26(15-13-25)40(51)52/h6-11,23,25-26H,12-22H2,1-5H3,(H,43,50)(H,51,52). The van der Waals surface area contributed by atoms with E-state index in [4.69, 9.17) is 21.6 Å². The summed E-state index contributed by atoms with van der Waals surface area (Å²) in [6.45, 7) is 10.2. The minimum atomic E-state index is -0.675. The van der Waals surface area contributed by atoms with Gasteiger partial charge in [-0.25, -0.2) is 9.97 Å². The Labute approximate surface area is 320 Å². The van der Waals surface area contributed by atoms with E-state index in [1.807, 2.05) is 58.8 Å². The quantitative estimate of drug-likeness (QED) is 0.180. The largest absolute Gasteiger partial charge is 0.481 e. The zero-order valence-electron chi connectivity index (χ0n) is 31.1. The van der Waals surface area contributed by atoms with Crippen LogP contribution in [0.5, 0.6) is 0 Å². The van der Waals surface area contributed by atoms with Crippen molar-refractivity contribution >= 4 is 46.4 Å². The van der Waals surface area contributed by atoms with Crippen LogP contribution < -0.4 is 5.32 Å². The summed E-state index contributed by atoms with van der Waals surface area (Å²) in [6.07, 6.45) is 4.17. The summed E-state index contributed by atoms with van der Waals surface area (Å²) < 4.78 is 1.90. The van der Waals surface area contributed by atoms with Crippen LogP contribution in [0.1, 0.15) is 77.7 Å². The molecule has 2 aromatic carbocycles. The Balaban J connectivity index is 1.03. The molecule has 1 saturated carbocycles. The van der Waals surface area contributed by atoms with Crippen molar-refractivity contribution in [3.05, 3.63) is 74.8 Å². The van der Waals surface area contributed by atoms with Gasteiger partial charge in [0.1, 0.15) is 5.01 Å². The fourth-order valence-electron chi connectivity index (χ4n) is 7.90. The van der Waals surface area contributed by atoms with Crippen molar-refractivity contribution in [3.63, 3.8) is 0 Å². The van der Waals surface area contributed by atoms with Crippen LogP contribution in [0.3, 0.4) is 0 Å². The van der Waals surface area contributed by atoms with Gasteiger partial charge in [-0.1, -0.05) is 41.9 Å². The number of aliphatic carboxylic acids is 1. The van der Waals surface area contributed by atoms with E-state index in [0.29, 0.717) is 54.7 Å². The lowest BCUT2D eigenvalue weighted by atomic mass is 9.81. The monoisotopic (exact) mass is 757 g/mol. The van der Waals surface area contributed by atoms with Crippen molar-refractivity contribution in [2.45, 2.75) is 78.6 Å². The Hall–Kier alpha value is -4.10. The van der Waals surface area contributed by atoms with Gasteiger partial charge in [-0.05, 0) is 76.6 Å². The third-order valence-corrected chi connectivity index (χ3v) is 12.9. The number of carbonyl (C=O) groups excluding carboxylic acids is 2. The Morgan fingerprint density at radius 1 is 1.00 bits per heavy atom. The lowest BCUT2D eigenvalue weighted by Gasteiger charge is -2.33. The molecule has 53 heavy (non-hydrogen) atoms. The molecule has 1 fully saturated rings. The SMILES string of the molecule is Cc1c(-c2nc3c(s2)CN(C(=O)CN(C)C(C)C)C3)cccc1-c1cccc(NC(=O)c2nc3c(n2C)CCN(CC2CCC(C(=O)O)CC2)C3)c1Cl. The average Bonchev–Trinajstić information content (AvgIpc) is 3.81. The van der Waals surface area contributed by atoms with Gasteiger partial charge in [0.15, 0.2) is 5.82 Å². The van der Waals surface area contributed by atoms with Gasteiger partial charge in [0, 0.05) is 60.8 Å². The Morgan fingerprint density at radius 3 is 2.43 bits per heavy atom. The summed E-state index contributed by atoms with van der Waals surface area (Å²) in [4.78, 5) is 55.2. The minimum Gasteiger partial charge on any atom is -0.481 e. The Morgan fingerprint density at radius 2 is 1.72 bits per heavy atom. The highest BCUT2D eigenvalue weighted by Gasteiger charge is 2.31. The topological polar surface area (TPSA) is 124 Å². The summed E-state index contributed by atoms with van der Waals surface area (Å²) in [5.74, 6) is -0.242. The summed E-state index contributed by atoms with van der Waals surface area (Å²) >= 11 is 8.69. The summed E-state index contributed by atoms with van der Waals surface area (Å²) in [7, 11) is 3.86. The number of nitrogens with one attached hydrogen (secondary N) is 1. The van der Waals surface area contributed by atoms with Gasteiger partial charge in [-0.3, -0.25) is 24.2 Å². The highest BCUT2D eigenvalue weighted by molar-refractivity contribution is 7.15. The van der Waals surface area contributed by atoms with Crippen LogP contribution >= 0.6 is 22.9 Å². The second kappa shape index (κ2) is 15.3. The van der Waals surface area contributed by atoms with Gasteiger partial charge in [0.25, 0.3) is 5.91 Å². The first-order valence-corrected chi connectivity index (χ1v) is 19.7. The molecule has 11 nitrogen and oxygen atoms in total. The van der Waals surface area contributed by atoms with Crippen LogP contribution in [0.4, 0.5) is 5.69 Å². The maximum atomic E-state index is 13.7. The summed E-state index contributed by atoms with van der Waals surface area (Å²) in [5, 5.41) is 13.8. The third-order valence-electron chi connectivity index (χ3n) is 11.4. The predicted molar refractivity (Wildman–Crippen MR) is 208 cm³/mol. The number of amides is 2. The second-order valence-corrected chi connectivity index (χ2v) is 16.6. The number of fused-ring (bicyclic) bond motifs is 2. The van der Waals surface area contributed by atoms with Crippen LogP contribution in [0.15, 0.2) is 36.4 Å². The van der Waals surface area contributed by atoms with Gasteiger partial charge >= 0.3 is 5.97 Å². The number of hydrogen-bond donors (Lipinski definition) is 2. The molecule has 0 unspecified atom stereocenters. The molecule has 1 aliphatic carbocycles. The normalized spacial score (nSPS) is 18.8. The zero-order valence-corrected chi connectivity index (χ0v) is 32.7. The molecule has 2 aromatic heterocycles. The van der Waals surface area contributed by atoms with Gasteiger partial charge < -0.3 is 19.9 Å². The van der Waals surface area contributed by atoms with Crippen LogP contribution in [0.25, 0.3) is 21.7 Å². The lowest BCUT2D eigenvalue weighted by molar-refractivity contribution is -0.143. The lowest BCUT2D eigenvalue weighted by Crippen LogP contribution is -2.38. The smallest absolute Gasteiger partial charge is 0.306 e. The molecule has 0 spiro atoms. The molecular formula is C40H48ClN7O4S. The molecule has 280 valence electrons. The first-order valence-electron chi connectivity index (χ1n) is 18.5. The molecule has 2 N–H and O–H groups in total. The number of carboxylic acid groups (broad SMARTS) is 1. The fraction of sp³-hybridized carbons (Fsp3) is 0.475. The van der Waals surface area contributed by atoms with Crippen LogP contribution in [-0.2, 0) is 42.7 Å². The molecule has 0 saturated heterocycles. The molecule has 3 aliphatic rings.